The minimum Gasteiger partial charge on any atom is -0.508 e. The molecule has 1 aromatic carbocycles. The summed E-state index contributed by atoms with van der Waals surface area (Å²) in [4.78, 5) is 10.8. The highest BCUT2D eigenvalue weighted by Crippen LogP contribution is 2.23. The number of phenolic OH excluding ortho intramolecular Hbond substituents is 2. The van der Waals surface area contributed by atoms with Crippen LogP contribution in [0.15, 0.2) is 18.2 Å². The van der Waals surface area contributed by atoms with Gasteiger partial charge < -0.3 is 20.8 Å². The number of urea groups is 1. The van der Waals surface area contributed by atoms with Gasteiger partial charge in [0.05, 0.1) is 0 Å². The fourth-order valence-electron chi connectivity index (χ4n) is 0.861. The fraction of sp³-hybridized carbons (Fsp3) is 0.125. The first kappa shape index (κ1) is 9.18. The zero-order valence-electron chi connectivity index (χ0n) is 7.03. The second kappa shape index (κ2) is 3.66. The van der Waals surface area contributed by atoms with Crippen molar-refractivity contribution in [3.05, 3.63) is 18.2 Å². The molecule has 0 aromatic heterocycles. The summed E-state index contributed by atoms with van der Waals surface area (Å²) in [5, 5.41) is 22.8. The van der Waals surface area contributed by atoms with Gasteiger partial charge in [0.25, 0.3) is 0 Å². The quantitative estimate of drug-likeness (QED) is 0.519. The monoisotopic (exact) mass is 182 g/mol. The number of rotatable bonds is 1. The van der Waals surface area contributed by atoms with E-state index in [9.17, 15) is 4.79 Å². The molecule has 13 heavy (non-hydrogen) atoms. The lowest BCUT2D eigenvalue weighted by Gasteiger charge is -2.04. The van der Waals surface area contributed by atoms with E-state index >= 15 is 0 Å². The smallest absolute Gasteiger partial charge is 0.318 e. The highest BCUT2D eigenvalue weighted by Gasteiger charge is 2.01. The molecule has 5 heteroatoms. The van der Waals surface area contributed by atoms with Crippen molar-refractivity contribution in [1.29, 1.82) is 0 Å². The van der Waals surface area contributed by atoms with Crippen LogP contribution in [0.4, 0.5) is 10.5 Å². The largest absolute Gasteiger partial charge is 0.508 e. The molecule has 0 aliphatic carbocycles. The van der Waals surface area contributed by atoms with Gasteiger partial charge in [0.2, 0.25) is 0 Å². The van der Waals surface area contributed by atoms with E-state index < -0.39 is 6.03 Å². The molecule has 0 fully saturated rings. The molecule has 1 rings (SSSR count). The van der Waals surface area contributed by atoms with Crippen LogP contribution < -0.4 is 10.6 Å². The standard InChI is InChI=1S/C8H10N2O3/c1-9-8(13)10-5-2-6(11)4-7(12)3-5/h2-4,11-12H,1H3,(H2,9,10,13). The lowest BCUT2D eigenvalue weighted by atomic mass is 10.3. The highest BCUT2D eigenvalue weighted by molar-refractivity contribution is 5.89. The summed E-state index contributed by atoms with van der Waals surface area (Å²) >= 11 is 0. The number of amides is 2. The molecule has 0 radical (unpaired) electrons. The van der Waals surface area contributed by atoms with E-state index in [1.54, 1.807) is 0 Å². The Balaban J connectivity index is 2.83. The van der Waals surface area contributed by atoms with E-state index in [2.05, 4.69) is 10.6 Å². The van der Waals surface area contributed by atoms with E-state index in [1.165, 1.54) is 25.2 Å². The van der Waals surface area contributed by atoms with Gasteiger partial charge in [0.15, 0.2) is 0 Å². The number of hydrogen-bond donors (Lipinski definition) is 4. The Kier molecular flexibility index (Phi) is 2.59. The Morgan fingerprint density at radius 1 is 1.23 bits per heavy atom. The summed E-state index contributed by atoms with van der Waals surface area (Å²) in [7, 11) is 1.47. The van der Waals surface area contributed by atoms with Gasteiger partial charge in [-0.1, -0.05) is 0 Å². The van der Waals surface area contributed by atoms with Gasteiger partial charge in [-0.15, -0.1) is 0 Å². The van der Waals surface area contributed by atoms with Crippen molar-refractivity contribution in [1.82, 2.24) is 5.32 Å². The van der Waals surface area contributed by atoms with Gasteiger partial charge in [-0.3, -0.25) is 0 Å². The molecule has 0 aliphatic rings. The lowest BCUT2D eigenvalue weighted by Crippen LogP contribution is -2.24. The van der Waals surface area contributed by atoms with E-state index in [0.29, 0.717) is 5.69 Å². The third-order valence-corrected chi connectivity index (χ3v) is 1.39. The summed E-state index contributed by atoms with van der Waals surface area (Å²) in [6.45, 7) is 0. The Bertz CT molecular complexity index is 305. The summed E-state index contributed by atoms with van der Waals surface area (Å²) in [5.74, 6) is -0.210. The first-order valence-corrected chi connectivity index (χ1v) is 3.63. The van der Waals surface area contributed by atoms with Gasteiger partial charge in [0.1, 0.15) is 11.5 Å². The zero-order chi connectivity index (χ0) is 9.84. The van der Waals surface area contributed by atoms with Crippen molar-refractivity contribution in [2.75, 3.05) is 12.4 Å². The van der Waals surface area contributed by atoms with Crippen LogP contribution in [0.5, 0.6) is 11.5 Å². The Labute approximate surface area is 75.0 Å². The van der Waals surface area contributed by atoms with Crippen molar-refractivity contribution >= 4 is 11.7 Å². The third kappa shape index (κ3) is 2.55. The first-order valence-electron chi connectivity index (χ1n) is 3.63. The molecule has 0 unspecified atom stereocenters. The Morgan fingerprint density at radius 2 is 1.77 bits per heavy atom. The molecular formula is C8H10N2O3. The molecule has 70 valence electrons. The second-order valence-corrected chi connectivity index (χ2v) is 2.44. The topological polar surface area (TPSA) is 81.6 Å². The van der Waals surface area contributed by atoms with Crippen LogP contribution in [-0.4, -0.2) is 23.3 Å². The van der Waals surface area contributed by atoms with E-state index in [-0.39, 0.29) is 11.5 Å². The molecule has 0 saturated carbocycles. The van der Waals surface area contributed by atoms with Crippen LogP contribution in [-0.2, 0) is 0 Å². The summed E-state index contributed by atoms with van der Waals surface area (Å²) in [6, 6.07) is 3.42. The number of anilines is 1. The number of hydrogen-bond acceptors (Lipinski definition) is 3. The normalized spacial score (nSPS) is 9.31. The van der Waals surface area contributed by atoms with Gasteiger partial charge in [-0.25, -0.2) is 4.79 Å². The highest BCUT2D eigenvalue weighted by atomic mass is 16.3. The van der Waals surface area contributed by atoms with Crippen molar-refractivity contribution in [3.63, 3.8) is 0 Å². The van der Waals surface area contributed by atoms with E-state index in [0.717, 1.165) is 0 Å². The lowest BCUT2D eigenvalue weighted by molar-refractivity contribution is 0.254. The maximum absolute atomic E-state index is 10.8. The predicted molar refractivity (Wildman–Crippen MR) is 47.9 cm³/mol. The van der Waals surface area contributed by atoms with Crippen molar-refractivity contribution in [3.8, 4) is 11.5 Å². The Morgan fingerprint density at radius 3 is 2.23 bits per heavy atom. The number of nitrogens with one attached hydrogen (secondary N) is 2. The zero-order valence-corrected chi connectivity index (χ0v) is 7.03. The number of carbonyl (C=O) groups is 1. The summed E-state index contributed by atoms with van der Waals surface area (Å²) in [5.41, 5.74) is 0.330. The molecule has 1 aromatic rings. The Hall–Kier alpha value is -1.91. The van der Waals surface area contributed by atoms with Crippen LogP contribution in [0.25, 0.3) is 0 Å². The third-order valence-electron chi connectivity index (χ3n) is 1.39. The number of aromatic hydroxyl groups is 2. The molecular weight excluding hydrogens is 172 g/mol. The number of phenols is 2. The number of carbonyl (C=O) groups excluding carboxylic acids is 1. The minimum absolute atomic E-state index is 0.105. The van der Waals surface area contributed by atoms with Gasteiger partial charge >= 0.3 is 6.03 Å². The van der Waals surface area contributed by atoms with E-state index in [4.69, 9.17) is 10.2 Å². The molecule has 0 heterocycles. The van der Waals surface area contributed by atoms with E-state index in [1.807, 2.05) is 0 Å². The molecule has 0 bridgehead atoms. The SMILES string of the molecule is CNC(=O)Nc1cc(O)cc(O)c1. The van der Waals surface area contributed by atoms with Crippen LogP contribution in [0.3, 0.4) is 0 Å². The van der Waals surface area contributed by atoms with Crippen molar-refractivity contribution in [2.24, 2.45) is 0 Å². The molecule has 0 atom stereocenters. The summed E-state index contributed by atoms with van der Waals surface area (Å²) < 4.78 is 0. The van der Waals surface area contributed by atoms with Gasteiger partial charge in [-0.2, -0.15) is 0 Å². The average Bonchev–Trinajstić information content (AvgIpc) is 2.02. The van der Waals surface area contributed by atoms with Crippen LogP contribution in [0.1, 0.15) is 0 Å². The second-order valence-electron chi connectivity index (χ2n) is 2.44. The van der Waals surface area contributed by atoms with Crippen LogP contribution >= 0.6 is 0 Å². The summed E-state index contributed by atoms with van der Waals surface area (Å²) in [6.07, 6.45) is 0. The minimum atomic E-state index is -0.412. The van der Waals surface area contributed by atoms with Crippen molar-refractivity contribution < 1.29 is 15.0 Å². The fourth-order valence-corrected chi connectivity index (χ4v) is 0.861. The van der Waals surface area contributed by atoms with Crippen molar-refractivity contribution in [2.45, 2.75) is 0 Å². The predicted octanol–water partition coefficient (Wildman–Crippen LogP) is 0.849. The molecule has 0 spiro atoms. The molecule has 4 N–H and O–H groups in total. The molecule has 0 saturated heterocycles. The van der Waals surface area contributed by atoms with Crippen LogP contribution in [0.2, 0.25) is 0 Å². The van der Waals surface area contributed by atoms with Crippen LogP contribution in [0, 0.1) is 0 Å². The maximum atomic E-state index is 10.8. The molecule has 5 nitrogen and oxygen atoms in total. The number of benzene rings is 1. The average molecular weight is 182 g/mol. The van der Waals surface area contributed by atoms with Gasteiger partial charge in [-0.05, 0) is 0 Å². The maximum Gasteiger partial charge on any atom is 0.318 e. The first-order chi connectivity index (χ1) is 6.11. The van der Waals surface area contributed by atoms with Gasteiger partial charge in [0, 0.05) is 30.9 Å². The molecule has 2 amide bonds. The molecule has 0 aliphatic heterocycles.